The van der Waals surface area contributed by atoms with Crippen molar-refractivity contribution in [3.63, 3.8) is 0 Å². The molecule has 0 spiro atoms. The van der Waals surface area contributed by atoms with Crippen LogP contribution in [0.5, 0.6) is 0 Å². The number of pyridine rings is 1. The van der Waals surface area contributed by atoms with Crippen LogP contribution in [0.25, 0.3) is 10.4 Å². The number of rotatable bonds is 6. The Morgan fingerprint density at radius 2 is 2.32 bits per heavy atom. The van der Waals surface area contributed by atoms with Crippen LogP contribution in [0.3, 0.4) is 0 Å². The molecule has 6 nitrogen and oxygen atoms in total. The average molecular weight is 262 g/mol. The third-order valence-electron chi connectivity index (χ3n) is 3.26. The molecule has 0 amide bonds. The summed E-state index contributed by atoms with van der Waals surface area (Å²) in [5.74, 6) is -0.258. The number of ether oxygens (including phenoxy) is 1. The molecule has 0 radical (unpaired) electrons. The first-order valence-electron chi connectivity index (χ1n) is 6.10. The van der Waals surface area contributed by atoms with E-state index in [1.54, 1.807) is 6.07 Å². The number of carbonyl (C=O) groups is 1. The number of aromatic nitrogens is 1. The van der Waals surface area contributed by atoms with Gasteiger partial charge in [0.15, 0.2) is 0 Å². The highest BCUT2D eigenvalue weighted by Gasteiger charge is 2.29. The van der Waals surface area contributed by atoms with Crippen LogP contribution in [0, 0.1) is 0 Å². The van der Waals surface area contributed by atoms with E-state index in [9.17, 15) is 4.79 Å². The molecule has 0 aliphatic rings. The molecule has 0 fully saturated rings. The molecular formula is C13H18N4O2. The topological polar surface area (TPSA) is 88.0 Å². The first-order chi connectivity index (χ1) is 9.05. The highest BCUT2D eigenvalue weighted by atomic mass is 16.5. The largest absolute Gasteiger partial charge is 0.469 e. The predicted octanol–water partition coefficient (Wildman–Crippen LogP) is 3.12. The van der Waals surface area contributed by atoms with Gasteiger partial charge in [-0.3, -0.25) is 9.78 Å². The van der Waals surface area contributed by atoms with Crippen LogP contribution in [0.15, 0.2) is 23.3 Å². The Morgan fingerprint density at radius 1 is 1.58 bits per heavy atom. The van der Waals surface area contributed by atoms with E-state index in [1.165, 1.54) is 7.11 Å². The molecule has 1 heterocycles. The molecular weight excluding hydrogens is 244 g/mol. The fourth-order valence-corrected chi connectivity index (χ4v) is 1.80. The van der Waals surface area contributed by atoms with Crippen molar-refractivity contribution in [2.24, 2.45) is 5.11 Å². The van der Waals surface area contributed by atoms with Crippen molar-refractivity contribution in [3.05, 3.63) is 40.0 Å². The minimum atomic E-state index is -0.376. The smallest absolute Gasteiger partial charge is 0.306 e. The predicted molar refractivity (Wildman–Crippen MR) is 71.4 cm³/mol. The number of hydrogen-bond donors (Lipinski definition) is 0. The van der Waals surface area contributed by atoms with Gasteiger partial charge in [0.05, 0.1) is 20.1 Å². The van der Waals surface area contributed by atoms with Gasteiger partial charge in [-0.25, -0.2) is 0 Å². The first kappa shape index (κ1) is 15.0. The number of hydrogen-bond acceptors (Lipinski definition) is 4. The van der Waals surface area contributed by atoms with Crippen molar-refractivity contribution in [2.75, 3.05) is 7.11 Å². The van der Waals surface area contributed by atoms with Crippen molar-refractivity contribution < 1.29 is 9.53 Å². The van der Waals surface area contributed by atoms with Crippen LogP contribution in [0.1, 0.15) is 38.1 Å². The second kappa shape index (κ2) is 6.75. The lowest BCUT2D eigenvalue weighted by molar-refractivity contribution is -0.142. The van der Waals surface area contributed by atoms with Crippen LogP contribution in [-0.4, -0.2) is 18.1 Å². The average Bonchev–Trinajstić information content (AvgIpc) is 2.45. The summed E-state index contributed by atoms with van der Waals surface area (Å²) in [6.07, 6.45) is 1.04. The Labute approximate surface area is 112 Å². The molecule has 0 N–H and O–H groups in total. The highest BCUT2D eigenvalue weighted by molar-refractivity contribution is 5.71. The van der Waals surface area contributed by atoms with Crippen LogP contribution in [0.4, 0.5) is 0 Å². The summed E-state index contributed by atoms with van der Waals surface area (Å²) in [7, 11) is 1.38. The molecule has 0 aromatic carbocycles. The molecule has 1 aromatic rings. The Balaban J connectivity index is 3.03. The van der Waals surface area contributed by atoms with E-state index in [0.717, 1.165) is 12.1 Å². The summed E-state index contributed by atoms with van der Waals surface area (Å²) in [5, 5.41) is 3.49. The van der Waals surface area contributed by atoms with Gasteiger partial charge in [-0.2, -0.15) is 0 Å². The molecule has 6 heteroatoms. The summed E-state index contributed by atoms with van der Waals surface area (Å²) < 4.78 is 4.73. The Morgan fingerprint density at radius 3 is 2.89 bits per heavy atom. The van der Waals surface area contributed by atoms with Gasteiger partial charge in [-0.1, -0.05) is 25.0 Å². The van der Waals surface area contributed by atoms with E-state index in [1.807, 2.05) is 26.0 Å². The zero-order valence-corrected chi connectivity index (χ0v) is 11.5. The van der Waals surface area contributed by atoms with Crippen LogP contribution >= 0.6 is 0 Å². The maximum absolute atomic E-state index is 11.5. The maximum Gasteiger partial charge on any atom is 0.306 e. The van der Waals surface area contributed by atoms with E-state index in [2.05, 4.69) is 15.0 Å². The molecule has 0 aliphatic carbocycles. The van der Waals surface area contributed by atoms with Gasteiger partial charge in [-0.05, 0) is 24.1 Å². The Kier molecular flexibility index (Phi) is 5.33. The molecule has 19 heavy (non-hydrogen) atoms. The quantitative estimate of drug-likeness (QED) is 0.341. The summed E-state index contributed by atoms with van der Waals surface area (Å²) in [6.45, 7) is 4.19. The van der Waals surface area contributed by atoms with Gasteiger partial charge in [0, 0.05) is 21.7 Å². The summed E-state index contributed by atoms with van der Waals surface area (Å²) >= 11 is 0. The Bertz CT molecular complexity index is 497. The van der Waals surface area contributed by atoms with E-state index < -0.39 is 0 Å². The van der Waals surface area contributed by atoms with Gasteiger partial charge in [0.25, 0.3) is 0 Å². The number of esters is 1. The lowest BCUT2D eigenvalue weighted by Gasteiger charge is -2.26. The van der Waals surface area contributed by atoms with Crippen molar-refractivity contribution >= 4 is 5.97 Å². The van der Waals surface area contributed by atoms with Crippen molar-refractivity contribution in [2.45, 2.75) is 38.6 Å². The minimum Gasteiger partial charge on any atom is -0.469 e. The third-order valence-corrected chi connectivity index (χ3v) is 3.26. The van der Waals surface area contributed by atoms with Crippen molar-refractivity contribution in [1.82, 2.24) is 4.98 Å². The fourth-order valence-electron chi connectivity index (χ4n) is 1.80. The van der Waals surface area contributed by atoms with E-state index in [4.69, 9.17) is 10.3 Å². The molecule has 1 aromatic heterocycles. The normalized spacial score (nSPS) is 13.2. The number of methoxy groups -OCH3 is 1. The molecule has 0 aliphatic heterocycles. The van der Waals surface area contributed by atoms with E-state index >= 15 is 0 Å². The van der Waals surface area contributed by atoms with Crippen LogP contribution in [-0.2, 0) is 21.5 Å². The fraction of sp³-hybridized carbons (Fsp3) is 0.538. The Hall–Kier alpha value is -2.07. The lowest BCUT2D eigenvalue weighted by Crippen LogP contribution is -2.27. The first-order valence-corrected chi connectivity index (χ1v) is 6.10. The summed E-state index contributed by atoms with van der Waals surface area (Å²) in [5.41, 5.74) is 9.45. The standard InChI is InChI=1S/C13H18N4O2/c1-4-13(2,8-12(18)19-3)11-7-5-6-10(16-11)9-15-17-14/h5-7H,4,8-9H2,1-3H3. The van der Waals surface area contributed by atoms with Gasteiger partial charge < -0.3 is 4.74 Å². The number of azide groups is 1. The molecule has 102 valence electrons. The van der Waals surface area contributed by atoms with E-state index in [0.29, 0.717) is 5.69 Å². The van der Waals surface area contributed by atoms with Gasteiger partial charge in [0.2, 0.25) is 0 Å². The third kappa shape index (κ3) is 3.96. The van der Waals surface area contributed by atoms with Crippen molar-refractivity contribution in [3.8, 4) is 0 Å². The molecule has 1 atom stereocenters. The SMILES string of the molecule is CCC(C)(CC(=O)OC)c1cccc(CN=[N+]=[N-])n1. The molecule has 0 saturated carbocycles. The monoisotopic (exact) mass is 262 g/mol. The molecule has 1 unspecified atom stereocenters. The highest BCUT2D eigenvalue weighted by Crippen LogP contribution is 2.30. The zero-order valence-electron chi connectivity index (χ0n) is 11.5. The second-order valence-corrected chi connectivity index (χ2v) is 4.57. The zero-order chi connectivity index (χ0) is 14.3. The minimum absolute atomic E-state index is 0.211. The van der Waals surface area contributed by atoms with Gasteiger partial charge in [-0.15, -0.1) is 0 Å². The molecule has 1 rings (SSSR count). The maximum atomic E-state index is 11.5. The molecule has 0 saturated heterocycles. The summed E-state index contributed by atoms with van der Waals surface area (Å²) in [4.78, 5) is 18.7. The summed E-state index contributed by atoms with van der Waals surface area (Å²) in [6, 6.07) is 5.54. The van der Waals surface area contributed by atoms with Crippen LogP contribution in [0.2, 0.25) is 0 Å². The van der Waals surface area contributed by atoms with Gasteiger partial charge >= 0.3 is 5.97 Å². The van der Waals surface area contributed by atoms with E-state index in [-0.39, 0.29) is 24.3 Å². The van der Waals surface area contributed by atoms with Gasteiger partial charge in [0.1, 0.15) is 0 Å². The lowest BCUT2D eigenvalue weighted by atomic mass is 9.80. The van der Waals surface area contributed by atoms with Crippen LogP contribution < -0.4 is 0 Å². The number of carbonyl (C=O) groups excluding carboxylic acids is 1. The second-order valence-electron chi connectivity index (χ2n) is 4.57. The van der Waals surface area contributed by atoms with Crippen molar-refractivity contribution in [1.29, 1.82) is 0 Å². The molecule has 0 bridgehead atoms. The number of nitrogens with zero attached hydrogens (tertiary/aromatic N) is 4.